The SMILES string of the molecule is CN(C)CCc1ccc(NC(=O)CCC(=O)C(C#N)=C2N(C)c3ccccc3N2C)cc1. The lowest BCUT2D eigenvalue weighted by Gasteiger charge is -2.19. The molecule has 3 rings (SSSR count). The van der Waals surface area contributed by atoms with Crippen molar-refractivity contribution in [2.75, 3.05) is 49.9 Å². The van der Waals surface area contributed by atoms with E-state index in [2.05, 4.69) is 16.3 Å². The molecule has 1 aliphatic heterocycles. The molecule has 166 valence electrons. The van der Waals surface area contributed by atoms with E-state index >= 15 is 0 Å². The summed E-state index contributed by atoms with van der Waals surface area (Å²) in [6, 6.07) is 17.5. The van der Waals surface area contributed by atoms with E-state index in [4.69, 9.17) is 0 Å². The number of fused-ring (bicyclic) bond motifs is 1. The number of carbonyl (C=O) groups is 2. The number of benzene rings is 2. The second kappa shape index (κ2) is 10.1. The summed E-state index contributed by atoms with van der Waals surface area (Å²) in [6.45, 7) is 0.958. The Labute approximate surface area is 189 Å². The molecule has 32 heavy (non-hydrogen) atoms. The number of Topliss-reactive ketones (excluding diaryl/α,β-unsaturated/α-hetero) is 1. The molecular formula is C25H29N5O2. The van der Waals surface area contributed by atoms with Crippen molar-refractivity contribution in [3.8, 4) is 6.07 Å². The van der Waals surface area contributed by atoms with Gasteiger partial charge in [-0.05, 0) is 50.3 Å². The van der Waals surface area contributed by atoms with E-state index in [1.165, 1.54) is 5.56 Å². The molecule has 0 fully saturated rings. The van der Waals surface area contributed by atoms with Crippen LogP contribution in [0, 0.1) is 11.3 Å². The summed E-state index contributed by atoms with van der Waals surface area (Å²) in [6.07, 6.45) is 0.922. The summed E-state index contributed by atoms with van der Waals surface area (Å²) in [4.78, 5) is 31.0. The van der Waals surface area contributed by atoms with Crippen LogP contribution >= 0.6 is 0 Å². The molecule has 0 aromatic heterocycles. The molecule has 0 aliphatic carbocycles. The largest absolute Gasteiger partial charge is 0.328 e. The first kappa shape index (κ1) is 23.0. The molecule has 0 radical (unpaired) electrons. The number of amides is 1. The van der Waals surface area contributed by atoms with Crippen LogP contribution < -0.4 is 15.1 Å². The van der Waals surface area contributed by atoms with Crippen molar-refractivity contribution in [2.45, 2.75) is 19.3 Å². The first-order valence-corrected chi connectivity index (χ1v) is 10.6. The minimum absolute atomic E-state index is 0.0139. The van der Waals surface area contributed by atoms with Gasteiger partial charge in [-0.2, -0.15) is 5.26 Å². The summed E-state index contributed by atoms with van der Waals surface area (Å²) in [5.41, 5.74) is 3.81. The van der Waals surface area contributed by atoms with Gasteiger partial charge in [-0.1, -0.05) is 24.3 Å². The third kappa shape index (κ3) is 5.16. The predicted octanol–water partition coefficient (Wildman–Crippen LogP) is 3.40. The first-order valence-electron chi connectivity index (χ1n) is 10.6. The molecule has 0 saturated heterocycles. The molecule has 2 aromatic rings. The molecule has 0 unspecified atom stereocenters. The fourth-order valence-electron chi connectivity index (χ4n) is 3.74. The van der Waals surface area contributed by atoms with Gasteiger partial charge in [-0.15, -0.1) is 0 Å². The molecule has 2 aromatic carbocycles. The summed E-state index contributed by atoms with van der Waals surface area (Å²) >= 11 is 0. The lowest BCUT2D eigenvalue weighted by atomic mass is 10.1. The van der Waals surface area contributed by atoms with Crippen LogP contribution in [-0.2, 0) is 16.0 Å². The standard InChI is InChI=1S/C25H29N5O2/c1-28(2)16-15-18-9-11-19(12-10-18)27-24(32)14-13-23(31)20(17-26)25-29(3)21-7-5-6-8-22(21)30(25)4/h5-12H,13-16H2,1-4H3,(H,27,32). The number of nitrogens with one attached hydrogen (secondary N) is 1. The third-order valence-electron chi connectivity index (χ3n) is 5.52. The summed E-state index contributed by atoms with van der Waals surface area (Å²) in [5.74, 6) is -0.0614. The maximum absolute atomic E-state index is 12.8. The smallest absolute Gasteiger partial charge is 0.224 e. The van der Waals surface area contributed by atoms with Crippen LogP contribution in [0.1, 0.15) is 18.4 Å². The Bertz CT molecular complexity index is 1040. The van der Waals surface area contributed by atoms with Gasteiger partial charge in [0.05, 0.1) is 11.4 Å². The van der Waals surface area contributed by atoms with E-state index < -0.39 is 0 Å². The second-order valence-corrected chi connectivity index (χ2v) is 8.14. The number of hydrogen-bond donors (Lipinski definition) is 1. The maximum atomic E-state index is 12.8. The molecule has 7 heteroatoms. The fraction of sp³-hybridized carbons (Fsp3) is 0.320. The van der Waals surface area contributed by atoms with E-state index in [1.54, 1.807) is 0 Å². The Morgan fingerprint density at radius 2 is 1.56 bits per heavy atom. The number of ketones is 1. The van der Waals surface area contributed by atoms with E-state index in [0.717, 1.165) is 24.3 Å². The number of nitriles is 1. The van der Waals surface area contributed by atoms with Gasteiger partial charge in [0.15, 0.2) is 5.78 Å². The van der Waals surface area contributed by atoms with Crippen LogP contribution in [0.25, 0.3) is 0 Å². The van der Waals surface area contributed by atoms with Gasteiger partial charge >= 0.3 is 0 Å². The molecule has 0 atom stereocenters. The third-order valence-corrected chi connectivity index (χ3v) is 5.52. The van der Waals surface area contributed by atoms with Crippen molar-refractivity contribution in [2.24, 2.45) is 0 Å². The Morgan fingerprint density at radius 3 is 2.09 bits per heavy atom. The number of likely N-dealkylation sites (N-methyl/N-ethyl adjacent to an activating group) is 1. The van der Waals surface area contributed by atoms with Crippen LogP contribution in [0.2, 0.25) is 0 Å². The Balaban J connectivity index is 1.61. The average Bonchev–Trinajstić information content (AvgIpc) is 3.03. The van der Waals surface area contributed by atoms with Gasteiger partial charge in [-0.25, -0.2) is 0 Å². The van der Waals surface area contributed by atoms with Gasteiger partial charge in [-0.3, -0.25) is 9.59 Å². The van der Waals surface area contributed by atoms with Crippen molar-refractivity contribution in [1.29, 1.82) is 5.26 Å². The Hall–Kier alpha value is -3.63. The molecule has 1 heterocycles. The average molecular weight is 432 g/mol. The monoisotopic (exact) mass is 431 g/mol. The van der Waals surface area contributed by atoms with E-state index in [-0.39, 0.29) is 30.1 Å². The zero-order chi connectivity index (χ0) is 23.3. The number of para-hydroxylation sites is 2. The Kier molecular flexibility index (Phi) is 7.29. The normalized spacial score (nSPS) is 12.6. The van der Waals surface area contributed by atoms with E-state index in [9.17, 15) is 14.9 Å². The van der Waals surface area contributed by atoms with Crippen molar-refractivity contribution in [3.05, 3.63) is 65.5 Å². The highest BCUT2D eigenvalue weighted by atomic mass is 16.2. The first-order chi connectivity index (χ1) is 15.3. The maximum Gasteiger partial charge on any atom is 0.224 e. The molecule has 0 saturated carbocycles. The van der Waals surface area contributed by atoms with Crippen molar-refractivity contribution in [3.63, 3.8) is 0 Å². The predicted molar refractivity (Wildman–Crippen MR) is 127 cm³/mol. The zero-order valence-electron chi connectivity index (χ0n) is 19.1. The van der Waals surface area contributed by atoms with Crippen LogP contribution in [-0.4, -0.2) is 51.3 Å². The van der Waals surface area contributed by atoms with E-state index in [1.807, 2.05) is 86.5 Å². The minimum Gasteiger partial charge on any atom is -0.328 e. The van der Waals surface area contributed by atoms with Gasteiger partial charge in [0.1, 0.15) is 17.5 Å². The van der Waals surface area contributed by atoms with Crippen LogP contribution in [0.3, 0.4) is 0 Å². The molecule has 0 bridgehead atoms. The summed E-state index contributed by atoms with van der Waals surface area (Å²) < 4.78 is 0. The number of anilines is 3. The fourth-order valence-corrected chi connectivity index (χ4v) is 3.74. The molecule has 0 spiro atoms. The topological polar surface area (TPSA) is 79.7 Å². The number of nitrogens with zero attached hydrogens (tertiary/aromatic N) is 4. The molecular weight excluding hydrogens is 402 g/mol. The highest BCUT2D eigenvalue weighted by Gasteiger charge is 2.31. The number of allylic oxidation sites excluding steroid dienone is 1. The lowest BCUT2D eigenvalue weighted by molar-refractivity contribution is -0.120. The van der Waals surface area contributed by atoms with Crippen LogP contribution in [0.15, 0.2) is 59.9 Å². The van der Waals surface area contributed by atoms with Crippen LogP contribution in [0.4, 0.5) is 17.1 Å². The van der Waals surface area contributed by atoms with Gasteiger partial charge in [0, 0.05) is 39.2 Å². The molecule has 1 aliphatic rings. The van der Waals surface area contributed by atoms with Crippen molar-refractivity contribution < 1.29 is 9.59 Å². The van der Waals surface area contributed by atoms with Gasteiger partial charge < -0.3 is 20.0 Å². The molecule has 7 nitrogen and oxygen atoms in total. The second-order valence-electron chi connectivity index (χ2n) is 8.14. The number of hydrogen-bond acceptors (Lipinski definition) is 6. The van der Waals surface area contributed by atoms with Crippen LogP contribution in [0.5, 0.6) is 0 Å². The quantitative estimate of drug-likeness (QED) is 0.510. The van der Waals surface area contributed by atoms with Crippen molar-refractivity contribution in [1.82, 2.24) is 4.90 Å². The summed E-state index contributed by atoms with van der Waals surface area (Å²) in [7, 11) is 7.73. The lowest BCUT2D eigenvalue weighted by Crippen LogP contribution is -2.26. The molecule has 1 N–H and O–H groups in total. The van der Waals surface area contributed by atoms with Crippen molar-refractivity contribution >= 4 is 28.8 Å². The van der Waals surface area contributed by atoms with Gasteiger partial charge in [0.25, 0.3) is 0 Å². The molecule has 1 amide bonds. The number of rotatable bonds is 8. The highest BCUT2D eigenvalue weighted by Crippen LogP contribution is 2.40. The highest BCUT2D eigenvalue weighted by molar-refractivity contribution is 6.04. The Morgan fingerprint density at radius 1 is 0.969 bits per heavy atom. The zero-order valence-corrected chi connectivity index (χ0v) is 19.1. The van der Waals surface area contributed by atoms with Gasteiger partial charge in [0.2, 0.25) is 5.91 Å². The number of carbonyl (C=O) groups excluding carboxylic acids is 2. The summed E-state index contributed by atoms with van der Waals surface area (Å²) in [5, 5.41) is 12.5. The van der Waals surface area contributed by atoms with E-state index in [0.29, 0.717) is 11.5 Å². The minimum atomic E-state index is -0.344.